The summed E-state index contributed by atoms with van der Waals surface area (Å²) in [6.45, 7) is 10.3. The Morgan fingerprint density at radius 3 is 2.38 bits per heavy atom. The first-order chi connectivity index (χ1) is 23.7. The van der Waals surface area contributed by atoms with Gasteiger partial charge in [0.25, 0.3) is 5.91 Å². The average molecular weight is 702 g/mol. The molecule has 1 spiro atoms. The molecule has 4 fully saturated rings. The molecule has 1 saturated carbocycles. The number of likely N-dealkylation sites (tertiary alicyclic amines) is 2. The zero-order valence-corrected chi connectivity index (χ0v) is 29.6. The monoisotopic (exact) mass is 701 g/mol. The number of nitrogens with one attached hydrogen (secondary N) is 2. The minimum Gasteiger partial charge on any atom is -0.489 e. The lowest BCUT2D eigenvalue weighted by atomic mass is 9.49. The summed E-state index contributed by atoms with van der Waals surface area (Å²) < 4.78 is 6.34. The number of carbonyl (C=O) groups excluding carboxylic acids is 4. The van der Waals surface area contributed by atoms with E-state index >= 15 is 0 Å². The number of amides is 4. The highest BCUT2D eigenvalue weighted by molar-refractivity contribution is 6.31. The molecule has 4 amide bonds. The van der Waals surface area contributed by atoms with E-state index in [1.165, 1.54) is 0 Å². The van der Waals surface area contributed by atoms with Gasteiger partial charge in [0.05, 0.1) is 16.0 Å². The summed E-state index contributed by atoms with van der Waals surface area (Å²) >= 11 is 6.22. The lowest BCUT2D eigenvalue weighted by Crippen LogP contribution is -2.74. The van der Waals surface area contributed by atoms with Crippen molar-refractivity contribution in [1.29, 1.82) is 5.26 Å². The van der Waals surface area contributed by atoms with Gasteiger partial charge in [-0.05, 0) is 68.6 Å². The van der Waals surface area contributed by atoms with E-state index in [1.807, 2.05) is 30.3 Å². The van der Waals surface area contributed by atoms with Crippen LogP contribution >= 0.6 is 11.6 Å². The molecule has 0 aromatic heterocycles. The van der Waals surface area contributed by atoms with Crippen LogP contribution in [0.5, 0.6) is 5.75 Å². The summed E-state index contributed by atoms with van der Waals surface area (Å²) in [7, 11) is 0. The second-order valence-electron chi connectivity index (χ2n) is 15.3. The van der Waals surface area contributed by atoms with Crippen molar-refractivity contribution in [3.05, 3.63) is 70.3 Å². The zero-order valence-electron chi connectivity index (χ0n) is 28.9. The number of carbonyl (C=O) groups is 4. The summed E-state index contributed by atoms with van der Waals surface area (Å²) in [5.41, 5.74) is 0.405. The molecule has 11 nitrogen and oxygen atoms in total. The van der Waals surface area contributed by atoms with Gasteiger partial charge in [0.2, 0.25) is 17.7 Å². The summed E-state index contributed by atoms with van der Waals surface area (Å²) in [6.07, 6.45) is 4.73. The Bertz CT molecular complexity index is 1740. The molecule has 2 atom stereocenters. The quantitative estimate of drug-likeness (QED) is 0.345. The van der Waals surface area contributed by atoms with Gasteiger partial charge in [-0.2, -0.15) is 5.26 Å². The smallest absolute Gasteiger partial charge is 0.251 e. The molecule has 4 aliphatic rings. The van der Waals surface area contributed by atoms with Gasteiger partial charge in [-0.3, -0.25) is 29.0 Å². The summed E-state index contributed by atoms with van der Waals surface area (Å²) in [6, 6.07) is 13.5. The summed E-state index contributed by atoms with van der Waals surface area (Å²) in [4.78, 5) is 55.4. The van der Waals surface area contributed by atoms with Crippen molar-refractivity contribution in [2.45, 2.75) is 84.2 Å². The number of imide groups is 1. The summed E-state index contributed by atoms with van der Waals surface area (Å²) in [5, 5.41) is 24.9. The molecule has 1 aliphatic carbocycles. The van der Waals surface area contributed by atoms with Crippen LogP contribution in [0.25, 0.3) is 6.08 Å². The summed E-state index contributed by atoms with van der Waals surface area (Å²) in [5.74, 6) is -0.616. The van der Waals surface area contributed by atoms with Gasteiger partial charge in [0.15, 0.2) is 0 Å². The molecule has 0 bridgehead atoms. The van der Waals surface area contributed by atoms with Gasteiger partial charge in [0, 0.05) is 41.5 Å². The maximum atomic E-state index is 13.4. The molecule has 2 aromatic rings. The molecular formula is C38H44ClN5O6. The molecule has 0 radical (unpaired) electrons. The van der Waals surface area contributed by atoms with Gasteiger partial charge in [0.1, 0.15) is 30.2 Å². The van der Waals surface area contributed by atoms with E-state index in [1.54, 1.807) is 18.2 Å². The van der Waals surface area contributed by atoms with Crippen LogP contribution in [0.3, 0.4) is 0 Å². The van der Waals surface area contributed by atoms with E-state index in [0.717, 1.165) is 10.5 Å². The molecule has 2 unspecified atom stereocenters. The highest BCUT2D eigenvalue weighted by Crippen LogP contribution is 2.55. The molecule has 264 valence electrons. The van der Waals surface area contributed by atoms with E-state index in [4.69, 9.17) is 21.6 Å². The predicted octanol–water partition coefficient (Wildman–Crippen LogP) is 4.27. The van der Waals surface area contributed by atoms with Gasteiger partial charge in [-0.15, -0.1) is 0 Å². The second-order valence-corrected chi connectivity index (χ2v) is 15.7. The molecule has 3 aliphatic heterocycles. The highest BCUT2D eigenvalue weighted by atomic mass is 35.5. The lowest BCUT2D eigenvalue weighted by Gasteiger charge is -2.63. The van der Waals surface area contributed by atoms with E-state index in [9.17, 15) is 24.3 Å². The Morgan fingerprint density at radius 2 is 1.76 bits per heavy atom. The number of nitriles is 1. The van der Waals surface area contributed by atoms with Crippen LogP contribution in [0.15, 0.2) is 48.5 Å². The Kier molecular flexibility index (Phi) is 9.59. The lowest BCUT2D eigenvalue weighted by molar-refractivity contribution is -0.164. The van der Waals surface area contributed by atoms with E-state index in [0.29, 0.717) is 60.8 Å². The number of benzene rings is 2. The van der Waals surface area contributed by atoms with Crippen molar-refractivity contribution in [3.63, 3.8) is 0 Å². The number of halogens is 1. The maximum Gasteiger partial charge on any atom is 0.251 e. The van der Waals surface area contributed by atoms with Crippen LogP contribution in [0, 0.1) is 27.6 Å². The van der Waals surface area contributed by atoms with Crippen LogP contribution in [0.4, 0.5) is 0 Å². The fraction of sp³-hybridized carbons (Fsp3) is 0.500. The van der Waals surface area contributed by atoms with Crippen molar-refractivity contribution in [2.75, 3.05) is 19.6 Å². The predicted molar refractivity (Wildman–Crippen MR) is 187 cm³/mol. The number of nitrogens with zero attached hydrogens (tertiary/aromatic N) is 3. The number of rotatable bonds is 8. The topological polar surface area (TPSA) is 152 Å². The van der Waals surface area contributed by atoms with E-state index in [-0.39, 0.29) is 53.5 Å². The Labute approximate surface area is 297 Å². The largest absolute Gasteiger partial charge is 0.489 e. The number of piperidine rings is 2. The third kappa shape index (κ3) is 6.52. The number of ether oxygens (including phenoxy) is 1. The van der Waals surface area contributed by atoms with Crippen molar-refractivity contribution in [2.24, 2.45) is 16.2 Å². The Balaban J connectivity index is 0.987. The molecule has 3 saturated heterocycles. The van der Waals surface area contributed by atoms with Gasteiger partial charge >= 0.3 is 0 Å². The van der Waals surface area contributed by atoms with Crippen LogP contribution in [-0.4, -0.2) is 82.6 Å². The van der Waals surface area contributed by atoms with Crippen LogP contribution in [-0.2, 0) is 14.4 Å². The highest BCUT2D eigenvalue weighted by Gasteiger charge is 2.64. The minimum atomic E-state index is -0.939. The Morgan fingerprint density at radius 1 is 1.08 bits per heavy atom. The fourth-order valence-corrected chi connectivity index (χ4v) is 8.82. The fourth-order valence-electron chi connectivity index (χ4n) is 8.61. The van der Waals surface area contributed by atoms with Gasteiger partial charge in [-0.25, -0.2) is 0 Å². The average Bonchev–Trinajstić information content (AvgIpc) is 3.31. The standard InChI is InChI=1S/C38H44ClN5O6/c1-36(2)33(37(3,4)34(36)50-26-12-11-25(22-40)27(39)20-26)42-31(47)24-9-7-23(8-10-24)6-5-17-43-18-15-38(16-19-43)21-30(46)44(35(38)49)28-13-14-29(45)41-32(28)48/h5-12,20,28-29,33-34,45H,13-19,21H2,1-4H3,(H,41,48)(H,42,47)/b6-5+. The molecule has 2 aromatic carbocycles. The molecule has 3 heterocycles. The molecule has 12 heteroatoms. The van der Waals surface area contributed by atoms with Crippen molar-refractivity contribution < 1.29 is 29.0 Å². The number of hydrogen-bond donors (Lipinski definition) is 3. The van der Waals surface area contributed by atoms with Crippen LogP contribution in [0.1, 0.15) is 81.3 Å². The first-order valence-corrected chi connectivity index (χ1v) is 17.6. The van der Waals surface area contributed by atoms with Crippen LogP contribution < -0.4 is 15.4 Å². The number of aliphatic hydroxyl groups is 1. The maximum absolute atomic E-state index is 13.4. The van der Waals surface area contributed by atoms with Crippen molar-refractivity contribution >= 4 is 41.3 Å². The first kappa shape index (κ1) is 35.6. The van der Waals surface area contributed by atoms with Crippen molar-refractivity contribution in [3.8, 4) is 11.8 Å². The number of aliphatic hydroxyl groups excluding tert-OH is 1. The third-order valence-electron chi connectivity index (χ3n) is 11.2. The first-order valence-electron chi connectivity index (χ1n) is 17.2. The number of hydrogen-bond acceptors (Lipinski definition) is 8. The van der Waals surface area contributed by atoms with Crippen molar-refractivity contribution in [1.82, 2.24) is 20.4 Å². The minimum absolute atomic E-state index is 0.125. The third-order valence-corrected chi connectivity index (χ3v) is 11.5. The SMILES string of the molecule is CC1(C)C(NC(=O)c2ccc(/C=C/CN3CCC4(CC3)CC(=O)N(C3CCC(O)NC3=O)C4=O)cc2)C(C)(C)C1Oc1ccc(C#N)c(Cl)c1. The van der Waals surface area contributed by atoms with Gasteiger partial charge in [-0.1, -0.05) is 63.6 Å². The second kappa shape index (κ2) is 13.5. The molecular weight excluding hydrogens is 658 g/mol. The van der Waals surface area contributed by atoms with E-state index < -0.39 is 23.6 Å². The molecule has 6 rings (SSSR count). The molecule has 50 heavy (non-hydrogen) atoms. The van der Waals surface area contributed by atoms with E-state index in [2.05, 4.69) is 55.4 Å². The van der Waals surface area contributed by atoms with Crippen LogP contribution in [0.2, 0.25) is 5.02 Å². The molecule has 3 N–H and O–H groups in total. The Hall–Kier alpha value is -4.24. The van der Waals surface area contributed by atoms with Gasteiger partial charge < -0.3 is 20.5 Å². The normalized spacial score (nSPS) is 27.1. The zero-order chi connectivity index (χ0) is 36.0.